The summed E-state index contributed by atoms with van der Waals surface area (Å²) in [5.74, 6) is -0.737. The van der Waals surface area contributed by atoms with Crippen molar-refractivity contribution in [2.24, 2.45) is 0 Å². The van der Waals surface area contributed by atoms with Gasteiger partial charge in [0.05, 0.1) is 17.1 Å². The number of nitrogens with one attached hydrogen (secondary N) is 1. The second-order valence-corrected chi connectivity index (χ2v) is 9.94. The Labute approximate surface area is 200 Å². The molecule has 178 valence electrons. The molecule has 1 N–H and O–H groups in total. The molecule has 34 heavy (non-hydrogen) atoms. The van der Waals surface area contributed by atoms with Crippen LogP contribution in [0.4, 0.5) is 18.9 Å². The Kier molecular flexibility index (Phi) is 6.49. The van der Waals surface area contributed by atoms with E-state index in [-0.39, 0.29) is 23.8 Å². The predicted molar refractivity (Wildman–Crippen MR) is 118 cm³/mol. The minimum absolute atomic E-state index is 0.0440. The van der Waals surface area contributed by atoms with Gasteiger partial charge in [-0.1, -0.05) is 12.1 Å². The van der Waals surface area contributed by atoms with Gasteiger partial charge in [0.2, 0.25) is 27.7 Å². The van der Waals surface area contributed by atoms with E-state index in [9.17, 15) is 26.4 Å². The maximum absolute atomic E-state index is 13.5. The second kappa shape index (κ2) is 9.22. The van der Waals surface area contributed by atoms with E-state index in [0.717, 1.165) is 0 Å². The van der Waals surface area contributed by atoms with E-state index < -0.39 is 44.9 Å². The summed E-state index contributed by atoms with van der Waals surface area (Å²) < 4.78 is 76.9. The fourth-order valence-corrected chi connectivity index (χ4v) is 4.50. The molecule has 0 unspecified atom stereocenters. The lowest BCUT2D eigenvalue weighted by Gasteiger charge is -2.12. The molecule has 3 aromatic rings. The number of halogens is 4. The topological polar surface area (TPSA) is 107 Å². The number of hydrogen-bond acceptors (Lipinski definition) is 7. The van der Waals surface area contributed by atoms with E-state index in [4.69, 9.17) is 9.47 Å². The highest BCUT2D eigenvalue weighted by atomic mass is 79.9. The Balaban J connectivity index is 1.61. The van der Waals surface area contributed by atoms with E-state index in [1.165, 1.54) is 18.2 Å². The van der Waals surface area contributed by atoms with Crippen LogP contribution in [-0.2, 0) is 20.8 Å². The minimum atomic E-state index is -4.92. The zero-order chi connectivity index (χ0) is 24.5. The van der Waals surface area contributed by atoms with Crippen molar-refractivity contribution in [3.8, 4) is 22.8 Å². The number of anilines is 1. The highest BCUT2D eigenvalue weighted by Crippen LogP contribution is 2.37. The smallest absolute Gasteiger partial charge is 0.433 e. The number of amides is 1. The van der Waals surface area contributed by atoms with Crippen molar-refractivity contribution < 1.29 is 35.9 Å². The third-order valence-electron chi connectivity index (χ3n) is 4.69. The number of benzene rings is 2. The number of sulfone groups is 1. The number of ether oxygens (including phenoxy) is 2. The van der Waals surface area contributed by atoms with Crippen molar-refractivity contribution in [1.29, 1.82) is 0 Å². The zero-order valence-electron chi connectivity index (χ0n) is 17.1. The van der Waals surface area contributed by atoms with Crippen LogP contribution in [0.2, 0.25) is 0 Å². The monoisotopic (exact) mass is 557 g/mol. The summed E-state index contributed by atoms with van der Waals surface area (Å²) in [5.41, 5.74) is -1.09. The van der Waals surface area contributed by atoms with Crippen molar-refractivity contribution in [1.82, 2.24) is 9.97 Å². The number of alkyl halides is 3. The van der Waals surface area contributed by atoms with Crippen LogP contribution >= 0.6 is 15.9 Å². The third kappa shape index (κ3) is 5.30. The van der Waals surface area contributed by atoms with E-state index in [1.54, 1.807) is 24.3 Å². The van der Waals surface area contributed by atoms with Crippen LogP contribution < -0.4 is 14.8 Å². The summed E-state index contributed by atoms with van der Waals surface area (Å²) in [4.78, 5) is 19.3. The van der Waals surface area contributed by atoms with Gasteiger partial charge in [0.15, 0.2) is 11.5 Å². The first-order valence-corrected chi connectivity index (χ1v) is 12.1. The number of carbonyl (C=O) groups is 1. The lowest BCUT2D eigenvalue weighted by molar-refractivity contribution is -0.141. The molecule has 8 nitrogen and oxygen atoms in total. The van der Waals surface area contributed by atoms with Crippen LogP contribution in [0.25, 0.3) is 11.3 Å². The van der Waals surface area contributed by atoms with Gasteiger partial charge in [0, 0.05) is 16.5 Å². The summed E-state index contributed by atoms with van der Waals surface area (Å²) >= 11 is 3.25. The molecule has 4 rings (SSSR count). The standard InChI is InChI=1S/C21H15BrF3N3O5S/c22-13-3-1-2-4-14(13)26-19(29)7-8-34(30,31)20-27-15(10-18(28-20)21(23,24)25)12-5-6-16-17(9-12)33-11-32-16/h1-6,9-10H,7-8,11H2,(H,26,29). The number of rotatable bonds is 6. The Bertz CT molecular complexity index is 1370. The molecule has 1 aliphatic rings. The molecular weight excluding hydrogens is 543 g/mol. The van der Waals surface area contributed by atoms with Crippen molar-refractivity contribution >= 4 is 37.4 Å². The molecule has 1 amide bonds. The average molecular weight is 558 g/mol. The van der Waals surface area contributed by atoms with Gasteiger partial charge in [-0.15, -0.1) is 0 Å². The molecule has 2 heterocycles. The van der Waals surface area contributed by atoms with Gasteiger partial charge in [-0.2, -0.15) is 13.2 Å². The van der Waals surface area contributed by atoms with E-state index >= 15 is 0 Å². The molecule has 0 saturated carbocycles. The van der Waals surface area contributed by atoms with Gasteiger partial charge in [0.25, 0.3) is 0 Å². The quantitative estimate of drug-likeness (QED) is 0.446. The fraction of sp³-hybridized carbons (Fsp3) is 0.190. The van der Waals surface area contributed by atoms with Gasteiger partial charge in [-0.3, -0.25) is 4.79 Å². The molecule has 0 atom stereocenters. The molecule has 0 aliphatic carbocycles. The molecule has 0 bridgehead atoms. The number of fused-ring (bicyclic) bond motifs is 1. The summed E-state index contributed by atoms with van der Waals surface area (Å²) in [6.45, 7) is -0.0440. The molecule has 0 saturated heterocycles. The summed E-state index contributed by atoms with van der Waals surface area (Å²) in [6, 6.07) is 11.6. The first-order chi connectivity index (χ1) is 16.0. The van der Waals surface area contributed by atoms with Gasteiger partial charge >= 0.3 is 6.18 Å². The van der Waals surface area contributed by atoms with Crippen LogP contribution in [-0.4, -0.2) is 36.8 Å². The van der Waals surface area contributed by atoms with Gasteiger partial charge < -0.3 is 14.8 Å². The number of para-hydroxylation sites is 1. The van der Waals surface area contributed by atoms with Crippen molar-refractivity contribution in [2.75, 3.05) is 17.9 Å². The molecule has 2 aromatic carbocycles. The molecular formula is C21H15BrF3N3O5S. The highest BCUT2D eigenvalue weighted by Gasteiger charge is 2.35. The van der Waals surface area contributed by atoms with Crippen molar-refractivity contribution in [3.63, 3.8) is 0 Å². The van der Waals surface area contributed by atoms with Crippen LogP contribution in [0, 0.1) is 0 Å². The maximum Gasteiger partial charge on any atom is 0.433 e. The fourth-order valence-electron chi connectivity index (χ4n) is 3.01. The Morgan fingerprint density at radius 2 is 1.79 bits per heavy atom. The first kappa shape index (κ1) is 24.0. The first-order valence-electron chi connectivity index (χ1n) is 9.66. The van der Waals surface area contributed by atoms with Gasteiger partial charge in [-0.25, -0.2) is 18.4 Å². The van der Waals surface area contributed by atoms with Crippen LogP contribution in [0.3, 0.4) is 0 Å². The van der Waals surface area contributed by atoms with Crippen LogP contribution in [0.15, 0.2) is 58.2 Å². The second-order valence-electron chi connectivity index (χ2n) is 7.08. The van der Waals surface area contributed by atoms with E-state index in [0.29, 0.717) is 22.0 Å². The van der Waals surface area contributed by atoms with Crippen LogP contribution in [0.1, 0.15) is 12.1 Å². The number of carbonyl (C=O) groups excluding carboxylic acids is 1. The molecule has 0 fully saturated rings. The number of aromatic nitrogens is 2. The lowest BCUT2D eigenvalue weighted by Crippen LogP contribution is -2.20. The third-order valence-corrected chi connectivity index (χ3v) is 6.86. The SMILES string of the molecule is O=C(CCS(=O)(=O)c1nc(-c2ccc3c(c2)OCO3)cc(C(F)(F)F)n1)Nc1ccccc1Br. The Hall–Kier alpha value is -3.19. The predicted octanol–water partition coefficient (Wildman–Crippen LogP) is 4.46. The van der Waals surface area contributed by atoms with Crippen LogP contribution in [0.5, 0.6) is 11.5 Å². The summed E-state index contributed by atoms with van der Waals surface area (Å²) in [6.07, 6.45) is -5.43. The van der Waals surface area contributed by atoms with Gasteiger partial charge in [-0.05, 0) is 52.3 Å². The molecule has 1 aliphatic heterocycles. The average Bonchev–Trinajstić information content (AvgIpc) is 3.26. The minimum Gasteiger partial charge on any atom is -0.454 e. The number of hydrogen-bond donors (Lipinski definition) is 1. The maximum atomic E-state index is 13.5. The van der Waals surface area contributed by atoms with Crippen molar-refractivity contribution in [2.45, 2.75) is 17.8 Å². The molecule has 13 heteroatoms. The lowest BCUT2D eigenvalue weighted by atomic mass is 10.1. The summed E-state index contributed by atoms with van der Waals surface area (Å²) in [7, 11) is -4.43. The van der Waals surface area contributed by atoms with Crippen molar-refractivity contribution in [3.05, 3.63) is 58.7 Å². The molecule has 0 radical (unpaired) electrons. The number of nitrogens with zero attached hydrogens (tertiary/aromatic N) is 2. The largest absolute Gasteiger partial charge is 0.454 e. The molecule has 1 aromatic heterocycles. The van der Waals surface area contributed by atoms with E-state index in [2.05, 4.69) is 31.2 Å². The van der Waals surface area contributed by atoms with E-state index in [1.807, 2.05) is 0 Å². The molecule has 0 spiro atoms. The Morgan fingerprint density at radius 3 is 2.53 bits per heavy atom. The summed E-state index contributed by atoms with van der Waals surface area (Å²) in [5, 5.41) is 1.51. The Morgan fingerprint density at radius 1 is 1.06 bits per heavy atom. The zero-order valence-corrected chi connectivity index (χ0v) is 19.5. The highest BCUT2D eigenvalue weighted by molar-refractivity contribution is 9.10. The van der Waals surface area contributed by atoms with Gasteiger partial charge in [0.1, 0.15) is 5.69 Å². The normalized spacial score (nSPS) is 13.1.